The van der Waals surface area contributed by atoms with Crippen molar-refractivity contribution >= 4 is 17.5 Å². The van der Waals surface area contributed by atoms with Crippen LogP contribution < -0.4 is 20.7 Å². The summed E-state index contributed by atoms with van der Waals surface area (Å²) in [6.45, 7) is 4.15. The Balaban J connectivity index is 2.31. The highest BCUT2D eigenvalue weighted by molar-refractivity contribution is 6.02. The van der Waals surface area contributed by atoms with Crippen LogP contribution in [0.3, 0.4) is 0 Å². The molecule has 1 aliphatic rings. The van der Waals surface area contributed by atoms with Gasteiger partial charge in [-0.1, -0.05) is 19.9 Å². The second-order valence-electron chi connectivity index (χ2n) is 5.90. The van der Waals surface area contributed by atoms with E-state index in [9.17, 15) is 9.59 Å². The van der Waals surface area contributed by atoms with Crippen molar-refractivity contribution < 1.29 is 14.3 Å². The molecule has 1 atom stereocenters. The van der Waals surface area contributed by atoms with E-state index >= 15 is 0 Å². The molecule has 0 aromatic heterocycles. The van der Waals surface area contributed by atoms with Gasteiger partial charge in [-0.15, -0.1) is 0 Å². The minimum absolute atomic E-state index is 0.0193. The average molecular weight is 305 g/mol. The largest absolute Gasteiger partial charge is 0.482 e. The van der Waals surface area contributed by atoms with E-state index in [1.54, 1.807) is 7.05 Å². The molecular formula is C16H23N3O3. The van der Waals surface area contributed by atoms with Gasteiger partial charge in [0.15, 0.2) is 6.61 Å². The van der Waals surface area contributed by atoms with Crippen molar-refractivity contribution in [3.8, 4) is 5.75 Å². The number of ether oxygens (including phenoxy) is 1. The molecule has 0 radical (unpaired) electrons. The number of amides is 2. The van der Waals surface area contributed by atoms with Crippen molar-refractivity contribution in [1.29, 1.82) is 0 Å². The Bertz CT molecular complexity index is 572. The zero-order chi connectivity index (χ0) is 16.3. The summed E-state index contributed by atoms with van der Waals surface area (Å²) < 4.78 is 5.43. The van der Waals surface area contributed by atoms with Gasteiger partial charge >= 0.3 is 0 Å². The summed E-state index contributed by atoms with van der Waals surface area (Å²) >= 11 is 0. The first-order valence-corrected chi connectivity index (χ1v) is 7.45. The lowest BCUT2D eigenvalue weighted by atomic mass is 9.97. The highest BCUT2D eigenvalue weighted by Gasteiger charge is 2.27. The molecule has 2 amide bonds. The highest BCUT2D eigenvalue weighted by atomic mass is 16.5. The van der Waals surface area contributed by atoms with Gasteiger partial charge in [0.1, 0.15) is 12.3 Å². The lowest BCUT2D eigenvalue weighted by molar-refractivity contribution is -0.125. The third-order valence-electron chi connectivity index (χ3n) is 3.66. The SMILES string of the molecule is CNC(=O)CN1C(=O)COc2ccc(C(N)CC(C)C)cc21. The van der Waals surface area contributed by atoms with Crippen molar-refractivity contribution in [3.63, 3.8) is 0 Å². The quantitative estimate of drug-likeness (QED) is 0.856. The van der Waals surface area contributed by atoms with Crippen molar-refractivity contribution in [3.05, 3.63) is 23.8 Å². The molecule has 1 aromatic rings. The van der Waals surface area contributed by atoms with Gasteiger partial charge in [0, 0.05) is 13.1 Å². The maximum absolute atomic E-state index is 12.1. The third kappa shape index (κ3) is 3.57. The number of rotatable bonds is 5. The molecule has 3 N–H and O–H groups in total. The fourth-order valence-electron chi connectivity index (χ4n) is 2.49. The van der Waals surface area contributed by atoms with Gasteiger partial charge < -0.3 is 15.8 Å². The summed E-state index contributed by atoms with van der Waals surface area (Å²) in [5, 5.41) is 2.53. The summed E-state index contributed by atoms with van der Waals surface area (Å²) in [5.74, 6) is 0.624. The molecule has 1 unspecified atom stereocenters. The number of nitrogens with two attached hydrogens (primary N) is 1. The van der Waals surface area contributed by atoms with Crippen LogP contribution in [0.5, 0.6) is 5.75 Å². The topological polar surface area (TPSA) is 84.7 Å². The van der Waals surface area contributed by atoms with Crippen molar-refractivity contribution in [1.82, 2.24) is 5.32 Å². The lowest BCUT2D eigenvalue weighted by Crippen LogP contribution is -2.44. The first-order chi connectivity index (χ1) is 10.4. The number of fused-ring (bicyclic) bond motifs is 1. The Labute approximate surface area is 130 Å². The lowest BCUT2D eigenvalue weighted by Gasteiger charge is -2.29. The van der Waals surface area contributed by atoms with Gasteiger partial charge in [-0.2, -0.15) is 0 Å². The molecule has 0 saturated heterocycles. The maximum Gasteiger partial charge on any atom is 0.265 e. The van der Waals surface area contributed by atoms with Crippen molar-refractivity contribution in [2.75, 3.05) is 25.1 Å². The molecule has 22 heavy (non-hydrogen) atoms. The molecule has 2 rings (SSSR count). The fraction of sp³-hybridized carbons (Fsp3) is 0.500. The Morgan fingerprint density at radius 3 is 2.82 bits per heavy atom. The third-order valence-corrected chi connectivity index (χ3v) is 3.66. The van der Waals surface area contributed by atoms with E-state index in [1.807, 2.05) is 18.2 Å². The molecule has 1 aromatic carbocycles. The average Bonchev–Trinajstić information content (AvgIpc) is 2.48. The van der Waals surface area contributed by atoms with Gasteiger partial charge in [-0.25, -0.2) is 0 Å². The molecule has 0 saturated carbocycles. The van der Waals surface area contributed by atoms with Gasteiger partial charge in [-0.3, -0.25) is 14.5 Å². The summed E-state index contributed by atoms with van der Waals surface area (Å²) in [5.41, 5.74) is 7.76. The van der Waals surface area contributed by atoms with Crippen molar-refractivity contribution in [2.24, 2.45) is 11.7 Å². The molecule has 1 aliphatic heterocycles. The van der Waals surface area contributed by atoms with Crippen LogP contribution in [0.2, 0.25) is 0 Å². The number of anilines is 1. The van der Waals surface area contributed by atoms with E-state index in [4.69, 9.17) is 10.5 Å². The Kier molecular flexibility index (Phi) is 5.03. The molecule has 1 heterocycles. The van der Waals surface area contributed by atoms with Crippen LogP contribution >= 0.6 is 0 Å². The zero-order valence-electron chi connectivity index (χ0n) is 13.3. The summed E-state index contributed by atoms with van der Waals surface area (Å²) in [6, 6.07) is 5.47. The van der Waals surface area contributed by atoms with Crippen LogP contribution in [-0.2, 0) is 9.59 Å². The molecule has 0 spiro atoms. The van der Waals surface area contributed by atoms with E-state index in [1.165, 1.54) is 4.90 Å². The highest BCUT2D eigenvalue weighted by Crippen LogP contribution is 2.35. The van der Waals surface area contributed by atoms with E-state index in [-0.39, 0.29) is 31.0 Å². The second kappa shape index (κ2) is 6.79. The number of carbonyl (C=O) groups is 2. The summed E-state index contributed by atoms with van der Waals surface area (Å²) in [7, 11) is 1.54. The fourth-order valence-corrected chi connectivity index (χ4v) is 2.49. The number of nitrogens with zero attached hydrogens (tertiary/aromatic N) is 1. The number of hydrogen-bond donors (Lipinski definition) is 2. The van der Waals surface area contributed by atoms with Crippen LogP contribution in [0.15, 0.2) is 18.2 Å². The van der Waals surface area contributed by atoms with Crippen LogP contribution in [0.25, 0.3) is 0 Å². The number of benzene rings is 1. The smallest absolute Gasteiger partial charge is 0.265 e. The van der Waals surface area contributed by atoms with Crippen LogP contribution in [-0.4, -0.2) is 32.0 Å². The van der Waals surface area contributed by atoms with Crippen LogP contribution in [0.4, 0.5) is 5.69 Å². The Hall–Kier alpha value is -2.08. The number of carbonyl (C=O) groups excluding carboxylic acids is 2. The normalized spacial score (nSPS) is 15.3. The molecule has 0 fully saturated rings. The molecule has 120 valence electrons. The number of hydrogen-bond acceptors (Lipinski definition) is 4. The minimum atomic E-state index is -0.231. The minimum Gasteiger partial charge on any atom is -0.482 e. The van der Waals surface area contributed by atoms with Crippen molar-refractivity contribution in [2.45, 2.75) is 26.3 Å². The molecule has 0 bridgehead atoms. The first-order valence-electron chi connectivity index (χ1n) is 7.45. The second-order valence-corrected chi connectivity index (χ2v) is 5.90. The van der Waals surface area contributed by atoms with Crippen LogP contribution in [0.1, 0.15) is 31.9 Å². The van der Waals surface area contributed by atoms with E-state index in [0.717, 1.165) is 12.0 Å². The number of likely N-dealkylation sites (N-methyl/N-ethyl adjacent to an activating group) is 1. The molecule has 0 aliphatic carbocycles. The van der Waals surface area contributed by atoms with E-state index in [2.05, 4.69) is 19.2 Å². The van der Waals surface area contributed by atoms with Gasteiger partial charge in [0.25, 0.3) is 5.91 Å². The summed E-state index contributed by atoms with van der Waals surface area (Å²) in [4.78, 5) is 25.1. The first kappa shape index (κ1) is 16.3. The molecule has 6 nitrogen and oxygen atoms in total. The van der Waals surface area contributed by atoms with Gasteiger partial charge in [0.2, 0.25) is 5.91 Å². The van der Waals surface area contributed by atoms with Gasteiger partial charge in [0.05, 0.1) is 5.69 Å². The molecule has 6 heteroatoms. The summed E-state index contributed by atoms with van der Waals surface area (Å²) in [6.07, 6.45) is 0.850. The molecular weight excluding hydrogens is 282 g/mol. The zero-order valence-corrected chi connectivity index (χ0v) is 13.3. The maximum atomic E-state index is 12.1. The monoisotopic (exact) mass is 305 g/mol. The predicted octanol–water partition coefficient (Wildman–Crippen LogP) is 1.20. The van der Waals surface area contributed by atoms with Gasteiger partial charge in [-0.05, 0) is 30.0 Å². The Morgan fingerprint density at radius 2 is 2.18 bits per heavy atom. The Morgan fingerprint density at radius 1 is 1.45 bits per heavy atom. The number of nitrogens with one attached hydrogen (secondary N) is 1. The van der Waals surface area contributed by atoms with E-state index in [0.29, 0.717) is 17.4 Å². The standard InChI is InChI=1S/C16H23N3O3/c1-10(2)6-12(17)11-4-5-14-13(7-11)19(8-15(20)18-3)16(21)9-22-14/h4-5,7,10,12H,6,8-9,17H2,1-3H3,(H,18,20). The predicted molar refractivity (Wildman–Crippen MR) is 84.7 cm³/mol. The van der Waals surface area contributed by atoms with Crippen LogP contribution in [0, 0.1) is 5.92 Å². The van der Waals surface area contributed by atoms with E-state index < -0.39 is 0 Å².